The first-order valence-electron chi connectivity index (χ1n) is 8.63. The van der Waals surface area contributed by atoms with Crippen LogP contribution in [0.3, 0.4) is 0 Å². The van der Waals surface area contributed by atoms with Gasteiger partial charge in [0.15, 0.2) is 0 Å². The Morgan fingerprint density at radius 2 is 2.10 bits per heavy atom. The Kier molecular flexibility index (Phi) is 4.79. The number of nitrogens with zero attached hydrogens (tertiary/aromatic N) is 1. The third-order valence-electron chi connectivity index (χ3n) is 4.62. The first kappa shape index (κ1) is 14.8. The lowest BCUT2D eigenvalue weighted by atomic mass is 9.89. The van der Waals surface area contributed by atoms with Crippen molar-refractivity contribution in [1.82, 2.24) is 10.3 Å². The Labute approximate surface area is 128 Å². The van der Waals surface area contributed by atoms with Crippen molar-refractivity contribution < 1.29 is 4.74 Å². The molecule has 0 spiro atoms. The van der Waals surface area contributed by atoms with E-state index in [1.807, 2.05) is 0 Å². The number of ether oxygens (including phenoxy) is 1. The van der Waals surface area contributed by atoms with Crippen LogP contribution < -0.4 is 10.1 Å². The number of pyridine rings is 1. The SMILES string of the molecule is CCc1cc(CNC2CC2)cc(OC2CCCC(C)C2)n1. The van der Waals surface area contributed by atoms with Crippen molar-refractivity contribution in [3.05, 3.63) is 23.4 Å². The minimum atomic E-state index is 0.359. The molecule has 0 aliphatic heterocycles. The molecular weight excluding hydrogens is 260 g/mol. The number of aromatic nitrogens is 1. The molecule has 2 atom stereocenters. The van der Waals surface area contributed by atoms with E-state index in [0.29, 0.717) is 6.10 Å². The highest BCUT2D eigenvalue weighted by molar-refractivity contribution is 5.25. The van der Waals surface area contributed by atoms with Crippen LogP contribution in [0.2, 0.25) is 0 Å². The summed E-state index contributed by atoms with van der Waals surface area (Å²) < 4.78 is 6.19. The first-order valence-corrected chi connectivity index (χ1v) is 8.63. The molecule has 0 aromatic carbocycles. The van der Waals surface area contributed by atoms with E-state index in [-0.39, 0.29) is 0 Å². The quantitative estimate of drug-likeness (QED) is 0.863. The molecule has 2 aliphatic rings. The topological polar surface area (TPSA) is 34.1 Å². The van der Waals surface area contributed by atoms with Gasteiger partial charge in [0.05, 0.1) is 0 Å². The fourth-order valence-corrected chi connectivity index (χ4v) is 3.17. The minimum Gasteiger partial charge on any atom is -0.474 e. The Bertz CT molecular complexity index is 470. The monoisotopic (exact) mass is 288 g/mol. The molecule has 2 aliphatic carbocycles. The molecule has 0 bridgehead atoms. The molecule has 3 nitrogen and oxygen atoms in total. The van der Waals surface area contributed by atoms with E-state index in [4.69, 9.17) is 4.74 Å². The number of hydrogen-bond acceptors (Lipinski definition) is 3. The van der Waals surface area contributed by atoms with Crippen LogP contribution >= 0.6 is 0 Å². The molecule has 2 saturated carbocycles. The van der Waals surface area contributed by atoms with Gasteiger partial charge in [-0.1, -0.05) is 20.3 Å². The van der Waals surface area contributed by atoms with Crippen LogP contribution in [0.4, 0.5) is 0 Å². The number of nitrogens with one attached hydrogen (secondary N) is 1. The Morgan fingerprint density at radius 1 is 1.24 bits per heavy atom. The average molecular weight is 288 g/mol. The molecule has 1 heterocycles. The fourth-order valence-electron chi connectivity index (χ4n) is 3.17. The molecule has 0 saturated heterocycles. The molecule has 0 radical (unpaired) electrons. The minimum absolute atomic E-state index is 0.359. The van der Waals surface area contributed by atoms with E-state index in [1.165, 1.54) is 44.1 Å². The van der Waals surface area contributed by atoms with Crippen LogP contribution in [0.1, 0.15) is 63.6 Å². The summed E-state index contributed by atoms with van der Waals surface area (Å²) in [6.45, 7) is 5.43. The molecule has 116 valence electrons. The van der Waals surface area contributed by atoms with Crippen molar-refractivity contribution in [2.45, 2.75) is 77.5 Å². The van der Waals surface area contributed by atoms with Crippen molar-refractivity contribution in [1.29, 1.82) is 0 Å². The predicted molar refractivity (Wildman–Crippen MR) is 85.5 cm³/mol. The average Bonchev–Trinajstić information content (AvgIpc) is 3.29. The zero-order valence-electron chi connectivity index (χ0n) is 13.4. The number of hydrogen-bond donors (Lipinski definition) is 1. The molecule has 0 amide bonds. The van der Waals surface area contributed by atoms with Crippen LogP contribution in [0, 0.1) is 5.92 Å². The second kappa shape index (κ2) is 6.78. The van der Waals surface area contributed by atoms with Gasteiger partial charge in [0.1, 0.15) is 6.10 Å². The fraction of sp³-hybridized carbons (Fsp3) is 0.722. The molecule has 3 rings (SSSR count). The highest BCUT2D eigenvalue weighted by atomic mass is 16.5. The van der Waals surface area contributed by atoms with E-state index >= 15 is 0 Å². The summed E-state index contributed by atoms with van der Waals surface area (Å²) >= 11 is 0. The summed E-state index contributed by atoms with van der Waals surface area (Å²) in [6, 6.07) is 5.09. The van der Waals surface area contributed by atoms with Gasteiger partial charge < -0.3 is 10.1 Å². The van der Waals surface area contributed by atoms with Crippen molar-refractivity contribution >= 4 is 0 Å². The van der Waals surface area contributed by atoms with Gasteiger partial charge in [-0.05, 0) is 56.1 Å². The normalized spacial score (nSPS) is 25.8. The van der Waals surface area contributed by atoms with Crippen LogP contribution in [0.25, 0.3) is 0 Å². The Hall–Kier alpha value is -1.09. The molecule has 2 unspecified atom stereocenters. The summed E-state index contributed by atoms with van der Waals surface area (Å²) in [7, 11) is 0. The Morgan fingerprint density at radius 3 is 2.81 bits per heavy atom. The van der Waals surface area contributed by atoms with Gasteiger partial charge >= 0.3 is 0 Å². The highest BCUT2D eigenvalue weighted by Gasteiger charge is 2.22. The third-order valence-corrected chi connectivity index (χ3v) is 4.62. The lowest BCUT2D eigenvalue weighted by Gasteiger charge is -2.27. The van der Waals surface area contributed by atoms with Gasteiger partial charge in [-0.2, -0.15) is 0 Å². The maximum Gasteiger partial charge on any atom is 0.214 e. The lowest BCUT2D eigenvalue weighted by Crippen LogP contribution is -2.24. The van der Waals surface area contributed by atoms with Crippen molar-refractivity contribution in [3.8, 4) is 5.88 Å². The van der Waals surface area contributed by atoms with Crippen LogP contribution in [-0.2, 0) is 13.0 Å². The maximum atomic E-state index is 6.19. The van der Waals surface area contributed by atoms with Gasteiger partial charge in [0, 0.05) is 24.3 Å². The second-order valence-electron chi connectivity index (χ2n) is 6.83. The van der Waals surface area contributed by atoms with E-state index in [2.05, 4.69) is 36.3 Å². The summed E-state index contributed by atoms with van der Waals surface area (Å²) in [5, 5.41) is 3.58. The third kappa shape index (κ3) is 4.44. The van der Waals surface area contributed by atoms with E-state index in [9.17, 15) is 0 Å². The maximum absolute atomic E-state index is 6.19. The smallest absolute Gasteiger partial charge is 0.214 e. The molecule has 1 aromatic rings. The molecule has 2 fully saturated rings. The number of rotatable bonds is 6. The van der Waals surface area contributed by atoms with Gasteiger partial charge in [0.25, 0.3) is 0 Å². The zero-order chi connectivity index (χ0) is 14.7. The molecule has 21 heavy (non-hydrogen) atoms. The van der Waals surface area contributed by atoms with Gasteiger partial charge in [0.2, 0.25) is 5.88 Å². The largest absolute Gasteiger partial charge is 0.474 e. The second-order valence-corrected chi connectivity index (χ2v) is 6.83. The molecule has 3 heteroatoms. The molecular formula is C18H28N2O. The first-order chi connectivity index (χ1) is 10.2. The zero-order valence-corrected chi connectivity index (χ0v) is 13.4. The van der Waals surface area contributed by atoms with Crippen LogP contribution in [0.15, 0.2) is 12.1 Å². The molecule has 1 N–H and O–H groups in total. The van der Waals surface area contributed by atoms with Gasteiger partial charge in [-0.25, -0.2) is 4.98 Å². The summed E-state index contributed by atoms with van der Waals surface area (Å²) in [6.07, 6.45) is 8.97. The summed E-state index contributed by atoms with van der Waals surface area (Å²) in [5.74, 6) is 1.62. The predicted octanol–water partition coefficient (Wildman–Crippen LogP) is 3.85. The van der Waals surface area contributed by atoms with E-state index in [1.54, 1.807) is 0 Å². The highest BCUT2D eigenvalue weighted by Crippen LogP contribution is 2.27. The standard InChI is InChI=1S/C18H28N2O/c1-3-15-10-14(12-19-16-7-8-16)11-18(20-15)21-17-6-4-5-13(2)9-17/h10-11,13,16-17,19H,3-9,12H2,1-2H3. The van der Waals surface area contributed by atoms with Crippen molar-refractivity contribution in [2.24, 2.45) is 5.92 Å². The van der Waals surface area contributed by atoms with Crippen LogP contribution in [0.5, 0.6) is 5.88 Å². The molecule has 1 aromatic heterocycles. The number of aryl methyl sites for hydroxylation is 1. The van der Waals surface area contributed by atoms with Crippen LogP contribution in [-0.4, -0.2) is 17.1 Å². The van der Waals surface area contributed by atoms with Gasteiger partial charge in [-0.3, -0.25) is 0 Å². The van der Waals surface area contributed by atoms with Gasteiger partial charge in [-0.15, -0.1) is 0 Å². The Balaban J connectivity index is 1.65. The van der Waals surface area contributed by atoms with Crippen molar-refractivity contribution in [3.63, 3.8) is 0 Å². The van der Waals surface area contributed by atoms with E-state index < -0.39 is 0 Å². The van der Waals surface area contributed by atoms with Crippen molar-refractivity contribution in [2.75, 3.05) is 0 Å². The van der Waals surface area contributed by atoms with E-state index in [0.717, 1.165) is 36.5 Å². The summed E-state index contributed by atoms with van der Waals surface area (Å²) in [4.78, 5) is 4.66. The summed E-state index contributed by atoms with van der Waals surface area (Å²) in [5.41, 5.74) is 2.46. The lowest BCUT2D eigenvalue weighted by molar-refractivity contribution is 0.123.